The van der Waals surface area contributed by atoms with Crippen molar-refractivity contribution in [2.75, 3.05) is 20.6 Å². The number of Topliss-reactive ketones (excluding diaryl/α,β-unsaturated/α-hetero) is 1. The molecule has 2 aliphatic heterocycles. The molecule has 4 saturated carbocycles. The topological polar surface area (TPSA) is 87.7 Å². The van der Waals surface area contributed by atoms with Gasteiger partial charge in [-0.3, -0.25) is 19.7 Å². The minimum Gasteiger partial charge on any atom is -0.357 e. The monoisotopic (exact) mass is 541 g/mol. The van der Waals surface area contributed by atoms with Crippen molar-refractivity contribution in [3.8, 4) is 0 Å². The number of nitrogens with zero attached hydrogens (tertiary/aromatic N) is 1. The Hall–Kier alpha value is -1.47. The molecule has 1 spiro atoms. The van der Waals surface area contributed by atoms with E-state index in [2.05, 4.69) is 38.3 Å². The van der Waals surface area contributed by atoms with Crippen LogP contribution in [-0.2, 0) is 19.1 Å². The molecule has 6 rings (SSSR count). The Labute approximate surface area is 234 Å². The van der Waals surface area contributed by atoms with Crippen LogP contribution in [0, 0.1) is 52.3 Å². The van der Waals surface area contributed by atoms with E-state index in [1.807, 2.05) is 0 Å². The third kappa shape index (κ3) is 4.14. The molecule has 6 aliphatic rings. The van der Waals surface area contributed by atoms with Gasteiger partial charge in [-0.15, -0.1) is 0 Å². The highest BCUT2D eigenvalue weighted by atomic mass is 16.5. The number of amides is 2. The molecule has 1 unspecified atom stereocenters. The summed E-state index contributed by atoms with van der Waals surface area (Å²) in [7, 11) is 3.37. The summed E-state index contributed by atoms with van der Waals surface area (Å²) in [5.74, 6) is 3.52. The van der Waals surface area contributed by atoms with E-state index in [-0.39, 0.29) is 46.9 Å². The van der Waals surface area contributed by atoms with Crippen molar-refractivity contribution in [2.45, 2.75) is 110 Å². The van der Waals surface area contributed by atoms with E-state index < -0.39 is 0 Å². The first-order valence-electron chi connectivity index (χ1n) is 15.8. The zero-order chi connectivity index (χ0) is 27.9. The van der Waals surface area contributed by atoms with Gasteiger partial charge in [0.05, 0.1) is 6.10 Å². The maximum atomic E-state index is 14.3. The number of ketones is 1. The minimum absolute atomic E-state index is 0.0798. The quantitative estimate of drug-likeness (QED) is 0.524. The Morgan fingerprint density at radius 1 is 1.05 bits per heavy atom. The lowest BCUT2D eigenvalue weighted by Gasteiger charge is -2.60. The number of ether oxygens (including phenoxy) is 1. The maximum Gasteiger partial charge on any atom is 0.231 e. The van der Waals surface area contributed by atoms with Gasteiger partial charge in [-0.05, 0) is 86.4 Å². The number of carbonyl (C=O) groups excluding carboxylic acids is 3. The second-order valence-corrected chi connectivity index (χ2v) is 15.2. The highest BCUT2D eigenvalue weighted by Crippen LogP contribution is 2.70. The standard InChI is InChI=1S/C32H51N3O4/c1-18-9-12-32(33-17-18)19(2)29-25(39-32)14-24-22-8-7-20-13-21(34-27(37)16-28(38)35(5)6)10-11-30(20,3)23(22)15-26(36)31(24,29)4/h18-25,29,33H,7-17H2,1-6H3,(H,34,37)/t18-,19+,20+,21?,22-,23+,24+,25+,29+,30+,31-,32-/m1/s1. The van der Waals surface area contributed by atoms with Crippen molar-refractivity contribution in [3.63, 3.8) is 0 Å². The number of hydrogen-bond donors (Lipinski definition) is 2. The Morgan fingerprint density at radius 2 is 1.82 bits per heavy atom. The average molecular weight is 542 g/mol. The van der Waals surface area contributed by atoms with Crippen LogP contribution in [0.3, 0.4) is 0 Å². The van der Waals surface area contributed by atoms with Crippen molar-refractivity contribution < 1.29 is 19.1 Å². The van der Waals surface area contributed by atoms with Gasteiger partial charge in [-0.2, -0.15) is 0 Å². The zero-order valence-corrected chi connectivity index (χ0v) is 25.1. The molecule has 0 aromatic heterocycles. The third-order valence-corrected chi connectivity index (χ3v) is 13.2. The normalized spacial score (nSPS) is 50.5. The first-order chi connectivity index (χ1) is 18.4. The van der Waals surface area contributed by atoms with Gasteiger partial charge in [0.15, 0.2) is 0 Å². The zero-order valence-electron chi connectivity index (χ0n) is 25.1. The largest absolute Gasteiger partial charge is 0.357 e. The number of fused-ring (bicyclic) bond motifs is 7. The van der Waals surface area contributed by atoms with E-state index >= 15 is 0 Å². The predicted octanol–water partition coefficient (Wildman–Crippen LogP) is 4.15. The second kappa shape index (κ2) is 9.54. The van der Waals surface area contributed by atoms with Gasteiger partial charge in [-0.25, -0.2) is 0 Å². The molecule has 39 heavy (non-hydrogen) atoms. The van der Waals surface area contributed by atoms with E-state index in [9.17, 15) is 14.4 Å². The summed E-state index contributed by atoms with van der Waals surface area (Å²) in [5.41, 5.74) is -0.365. The summed E-state index contributed by atoms with van der Waals surface area (Å²) in [6.07, 6.45) is 9.44. The van der Waals surface area contributed by atoms with Crippen LogP contribution in [0.4, 0.5) is 0 Å². The lowest BCUT2D eigenvalue weighted by atomic mass is 9.44. The van der Waals surface area contributed by atoms with E-state index in [4.69, 9.17) is 4.74 Å². The van der Waals surface area contributed by atoms with E-state index in [0.717, 1.165) is 38.6 Å². The minimum atomic E-state index is -0.271. The van der Waals surface area contributed by atoms with Gasteiger partial charge in [-0.1, -0.05) is 27.7 Å². The summed E-state index contributed by atoms with van der Waals surface area (Å²) < 4.78 is 6.95. The molecule has 6 fully saturated rings. The number of hydrogen-bond acceptors (Lipinski definition) is 5. The number of piperidine rings is 1. The molecule has 0 aromatic rings. The lowest BCUT2D eigenvalue weighted by molar-refractivity contribution is -0.160. The highest BCUT2D eigenvalue weighted by molar-refractivity contribution is 5.96. The molecule has 0 radical (unpaired) electrons. The summed E-state index contributed by atoms with van der Waals surface area (Å²) >= 11 is 0. The van der Waals surface area contributed by atoms with Gasteiger partial charge in [0.25, 0.3) is 0 Å². The average Bonchev–Trinajstić information content (AvgIpc) is 3.33. The van der Waals surface area contributed by atoms with Gasteiger partial charge in [0.1, 0.15) is 17.9 Å². The first kappa shape index (κ1) is 27.7. The fourth-order valence-corrected chi connectivity index (χ4v) is 10.8. The summed E-state index contributed by atoms with van der Waals surface area (Å²) in [6.45, 7) is 10.5. The molecule has 2 saturated heterocycles. The van der Waals surface area contributed by atoms with Crippen LogP contribution >= 0.6 is 0 Å². The molecular weight excluding hydrogens is 490 g/mol. The molecule has 7 heteroatoms. The molecule has 4 aliphatic carbocycles. The van der Waals surface area contributed by atoms with Crippen molar-refractivity contribution >= 4 is 17.6 Å². The van der Waals surface area contributed by atoms with Crippen LogP contribution in [0.15, 0.2) is 0 Å². The molecule has 2 heterocycles. The molecule has 2 N–H and O–H groups in total. The van der Waals surface area contributed by atoms with Crippen molar-refractivity contribution in [2.24, 2.45) is 52.3 Å². The van der Waals surface area contributed by atoms with E-state index in [1.54, 1.807) is 14.1 Å². The van der Waals surface area contributed by atoms with Crippen LogP contribution in [-0.4, -0.2) is 61.0 Å². The number of rotatable bonds is 3. The Kier molecular flexibility index (Phi) is 6.77. The molecular formula is C32H51N3O4. The Morgan fingerprint density at radius 3 is 2.51 bits per heavy atom. The fourth-order valence-electron chi connectivity index (χ4n) is 10.8. The van der Waals surface area contributed by atoms with Crippen molar-refractivity contribution in [1.82, 2.24) is 15.5 Å². The fraction of sp³-hybridized carbons (Fsp3) is 0.906. The highest BCUT2D eigenvalue weighted by Gasteiger charge is 2.71. The number of nitrogens with one attached hydrogen (secondary N) is 2. The molecule has 0 bridgehead atoms. The summed E-state index contributed by atoms with van der Waals surface area (Å²) in [4.78, 5) is 40.3. The Bertz CT molecular complexity index is 1020. The van der Waals surface area contributed by atoms with Crippen molar-refractivity contribution in [1.29, 1.82) is 0 Å². The van der Waals surface area contributed by atoms with Crippen LogP contribution in [0.25, 0.3) is 0 Å². The first-order valence-corrected chi connectivity index (χ1v) is 15.8. The van der Waals surface area contributed by atoms with E-state index in [1.165, 1.54) is 24.2 Å². The van der Waals surface area contributed by atoms with Gasteiger partial charge in [0, 0.05) is 50.4 Å². The summed E-state index contributed by atoms with van der Waals surface area (Å²) in [6, 6.07) is 0.133. The SMILES string of the molecule is C[C@@H]1CC[C@@]2(NC1)O[C@H]1C[C@H]3[C@@H]4CC[C@H]5CC(NC(=O)CC(=O)N(C)C)CC[C@]5(C)[C@H]4CC(=O)[C@]3(C)[C@H]1[C@@H]2C. The van der Waals surface area contributed by atoms with Crippen LogP contribution in [0.1, 0.15) is 91.9 Å². The number of carbonyl (C=O) groups is 3. The second-order valence-electron chi connectivity index (χ2n) is 15.2. The molecule has 2 amide bonds. The summed E-state index contributed by atoms with van der Waals surface area (Å²) in [5, 5.41) is 6.96. The third-order valence-electron chi connectivity index (χ3n) is 13.2. The van der Waals surface area contributed by atoms with Crippen LogP contribution in [0.5, 0.6) is 0 Å². The van der Waals surface area contributed by atoms with Crippen molar-refractivity contribution in [3.05, 3.63) is 0 Å². The molecule has 7 nitrogen and oxygen atoms in total. The van der Waals surface area contributed by atoms with E-state index in [0.29, 0.717) is 53.6 Å². The van der Waals surface area contributed by atoms with Crippen LogP contribution < -0.4 is 10.6 Å². The van der Waals surface area contributed by atoms with Crippen LogP contribution in [0.2, 0.25) is 0 Å². The molecule has 0 aromatic carbocycles. The smallest absolute Gasteiger partial charge is 0.231 e. The Balaban J connectivity index is 1.16. The maximum absolute atomic E-state index is 14.3. The van der Waals surface area contributed by atoms with Gasteiger partial charge < -0.3 is 15.0 Å². The van der Waals surface area contributed by atoms with Gasteiger partial charge >= 0.3 is 0 Å². The predicted molar refractivity (Wildman–Crippen MR) is 149 cm³/mol. The van der Waals surface area contributed by atoms with Gasteiger partial charge in [0.2, 0.25) is 11.8 Å². The molecule has 218 valence electrons. The molecule has 12 atom stereocenters. The lowest BCUT2D eigenvalue weighted by Crippen LogP contribution is -2.60.